The number of alkyl carbamates (subject to hydrolysis) is 1. The predicted molar refractivity (Wildman–Crippen MR) is 98.1 cm³/mol. The number of nitrogens with one attached hydrogen (secondary N) is 2. The van der Waals surface area contributed by atoms with E-state index in [1.807, 2.05) is 0 Å². The zero-order valence-corrected chi connectivity index (χ0v) is 17.3. The average molecular weight is 398 g/mol. The summed E-state index contributed by atoms with van der Waals surface area (Å²) in [6.07, 6.45) is -0.659. The lowest BCUT2D eigenvalue weighted by molar-refractivity contribution is -0.154. The van der Waals surface area contributed by atoms with Crippen molar-refractivity contribution >= 4 is 23.9 Å². The van der Waals surface area contributed by atoms with Gasteiger partial charge in [-0.15, -0.1) is 0 Å². The second-order valence-electron chi connectivity index (χ2n) is 8.21. The van der Waals surface area contributed by atoms with Crippen molar-refractivity contribution in [2.24, 2.45) is 17.8 Å². The first-order valence-corrected chi connectivity index (χ1v) is 9.59. The Balaban J connectivity index is 2.36. The molecule has 0 spiro atoms. The van der Waals surface area contributed by atoms with Gasteiger partial charge in [-0.3, -0.25) is 9.59 Å². The SMILES string of the molecule is CCOC(=O)[C@H]1C2C(NC(C)=O)CC(NC(=O)OC(C)(C)C)(C(=O)OCC)C21. The summed E-state index contributed by atoms with van der Waals surface area (Å²) in [6, 6.07) is -0.462. The molecule has 0 aliphatic heterocycles. The molecule has 0 aromatic rings. The van der Waals surface area contributed by atoms with Crippen molar-refractivity contribution in [3.63, 3.8) is 0 Å². The minimum atomic E-state index is -1.46. The number of hydrogen-bond acceptors (Lipinski definition) is 7. The monoisotopic (exact) mass is 398 g/mol. The van der Waals surface area contributed by atoms with Crippen LogP contribution >= 0.6 is 0 Å². The molecule has 2 saturated carbocycles. The third-order valence-electron chi connectivity index (χ3n) is 4.96. The summed E-state index contributed by atoms with van der Waals surface area (Å²) in [5.41, 5.74) is -2.23. The Bertz CT molecular complexity index is 657. The summed E-state index contributed by atoms with van der Waals surface area (Å²) in [5.74, 6) is -2.83. The van der Waals surface area contributed by atoms with Crippen LogP contribution in [0.1, 0.15) is 48.0 Å². The molecule has 0 bridgehead atoms. The number of fused-ring (bicyclic) bond motifs is 1. The van der Waals surface area contributed by atoms with Gasteiger partial charge in [0, 0.05) is 25.3 Å². The Kier molecular flexibility index (Phi) is 6.25. The smallest absolute Gasteiger partial charge is 0.408 e. The van der Waals surface area contributed by atoms with E-state index in [1.165, 1.54) is 6.92 Å². The standard InChI is InChI=1S/C19H30N2O7/c1-7-26-15(23)13-12-11(20-10(3)22)9-19(14(12)13,16(24)27-8-2)21-17(25)28-18(4,5)6/h11-14H,7-9H2,1-6H3,(H,20,22)(H,21,25)/t11?,12?,13-,14?,19?/m0/s1. The maximum Gasteiger partial charge on any atom is 0.408 e. The van der Waals surface area contributed by atoms with Gasteiger partial charge in [0.2, 0.25) is 5.91 Å². The summed E-state index contributed by atoms with van der Waals surface area (Å²) in [4.78, 5) is 49.4. The van der Waals surface area contributed by atoms with Crippen LogP contribution < -0.4 is 10.6 Å². The van der Waals surface area contributed by atoms with Gasteiger partial charge in [-0.05, 0) is 40.5 Å². The van der Waals surface area contributed by atoms with Crippen LogP contribution in [-0.2, 0) is 28.6 Å². The van der Waals surface area contributed by atoms with E-state index in [-0.39, 0.29) is 31.5 Å². The third-order valence-corrected chi connectivity index (χ3v) is 4.96. The molecule has 9 nitrogen and oxygen atoms in total. The van der Waals surface area contributed by atoms with Crippen molar-refractivity contribution in [3.8, 4) is 0 Å². The summed E-state index contributed by atoms with van der Waals surface area (Å²) in [7, 11) is 0. The Morgan fingerprint density at radius 1 is 1.07 bits per heavy atom. The van der Waals surface area contributed by atoms with Gasteiger partial charge in [0.05, 0.1) is 19.1 Å². The molecule has 0 aromatic carbocycles. The van der Waals surface area contributed by atoms with E-state index in [0.717, 1.165) is 0 Å². The molecule has 2 fully saturated rings. The van der Waals surface area contributed by atoms with Crippen molar-refractivity contribution in [2.45, 2.75) is 65.1 Å². The molecule has 2 aliphatic rings. The lowest BCUT2D eigenvalue weighted by atomic mass is 9.88. The molecule has 2 amide bonds. The Hall–Kier alpha value is -2.32. The van der Waals surface area contributed by atoms with Crippen LogP contribution in [-0.4, -0.2) is 54.3 Å². The van der Waals surface area contributed by atoms with Crippen molar-refractivity contribution in [1.29, 1.82) is 0 Å². The number of carbonyl (C=O) groups excluding carboxylic acids is 4. The molecular formula is C19H30N2O7. The fourth-order valence-corrected chi connectivity index (χ4v) is 4.19. The molecule has 0 heterocycles. The summed E-state index contributed by atoms with van der Waals surface area (Å²) < 4.78 is 15.7. The fourth-order valence-electron chi connectivity index (χ4n) is 4.19. The molecule has 0 radical (unpaired) electrons. The topological polar surface area (TPSA) is 120 Å². The highest BCUT2D eigenvalue weighted by Crippen LogP contribution is 2.63. The van der Waals surface area contributed by atoms with Crippen molar-refractivity contribution in [2.75, 3.05) is 13.2 Å². The molecule has 0 saturated heterocycles. The highest BCUT2D eigenvalue weighted by molar-refractivity contribution is 5.91. The first-order valence-electron chi connectivity index (χ1n) is 9.59. The van der Waals surface area contributed by atoms with E-state index in [4.69, 9.17) is 14.2 Å². The summed E-state index contributed by atoms with van der Waals surface area (Å²) in [5, 5.41) is 5.45. The molecule has 158 valence electrons. The van der Waals surface area contributed by atoms with Crippen molar-refractivity contribution < 1.29 is 33.4 Å². The maximum absolute atomic E-state index is 12.9. The second kappa shape index (κ2) is 7.97. The lowest BCUT2D eigenvalue weighted by Gasteiger charge is -2.33. The molecule has 0 aromatic heterocycles. The average Bonchev–Trinajstić information content (AvgIpc) is 3.20. The van der Waals surface area contributed by atoms with E-state index in [0.29, 0.717) is 0 Å². The zero-order chi connectivity index (χ0) is 21.3. The van der Waals surface area contributed by atoms with Crippen molar-refractivity contribution in [3.05, 3.63) is 0 Å². The molecule has 9 heteroatoms. The number of rotatable bonds is 6. The van der Waals surface area contributed by atoms with E-state index >= 15 is 0 Å². The van der Waals surface area contributed by atoms with Crippen LogP contribution in [0.2, 0.25) is 0 Å². The van der Waals surface area contributed by atoms with Gasteiger partial charge in [-0.2, -0.15) is 0 Å². The van der Waals surface area contributed by atoms with Crippen LogP contribution in [0.5, 0.6) is 0 Å². The Morgan fingerprint density at radius 2 is 1.68 bits per heavy atom. The number of hydrogen-bond donors (Lipinski definition) is 2. The minimum absolute atomic E-state index is 0.114. The molecule has 2 rings (SSSR count). The van der Waals surface area contributed by atoms with Crippen LogP contribution in [0.4, 0.5) is 4.79 Å². The van der Waals surface area contributed by atoms with Crippen LogP contribution in [0.15, 0.2) is 0 Å². The van der Waals surface area contributed by atoms with Gasteiger partial charge < -0.3 is 24.8 Å². The van der Waals surface area contributed by atoms with Gasteiger partial charge in [0.15, 0.2) is 0 Å². The van der Waals surface area contributed by atoms with Crippen molar-refractivity contribution in [1.82, 2.24) is 10.6 Å². The Labute approximate surface area is 164 Å². The van der Waals surface area contributed by atoms with Crippen LogP contribution in [0.3, 0.4) is 0 Å². The van der Waals surface area contributed by atoms with E-state index in [9.17, 15) is 19.2 Å². The molecule has 5 atom stereocenters. The van der Waals surface area contributed by atoms with Crippen LogP contribution in [0, 0.1) is 17.8 Å². The fraction of sp³-hybridized carbons (Fsp3) is 0.789. The Morgan fingerprint density at radius 3 is 2.18 bits per heavy atom. The molecule has 28 heavy (non-hydrogen) atoms. The first-order chi connectivity index (χ1) is 13.0. The highest BCUT2D eigenvalue weighted by Gasteiger charge is 2.76. The second-order valence-corrected chi connectivity index (χ2v) is 8.21. The number of amides is 2. The van der Waals surface area contributed by atoms with Gasteiger partial charge >= 0.3 is 18.0 Å². The van der Waals surface area contributed by atoms with E-state index < -0.39 is 47.0 Å². The normalized spacial score (nSPS) is 30.6. The predicted octanol–water partition coefficient (Wildman–Crippen LogP) is 1.15. The molecular weight excluding hydrogens is 368 g/mol. The maximum atomic E-state index is 12.9. The van der Waals surface area contributed by atoms with Gasteiger partial charge in [0.25, 0.3) is 0 Å². The first kappa shape index (κ1) is 22.0. The summed E-state index contributed by atoms with van der Waals surface area (Å²) in [6.45, 7) is 10.2. The van der Waals surface area contributed by atoms with E-state index in [1.54, 1.807) is 34.6 Å². The van der Waals surface area contributed by atoms with Gasteiger partial charge in [0.1, 0.15) is 11.1 Å². The number of carbonyl (C=O) groups is 4. The summed E-state index contributed by atoms with van der Waals surface area (Å²) >= 11 is 0. The molecule has 2 aliphatic carbocycles. The largest absolute Gasteiger partial charge is 0.466 e. The molecule has 2 N–H and O–H groups in total. The van der Waals surface area contributed by atoms with E-state index in [2.05, 4.69) is 10.6 Å². The van der Waals surface area contributed by atoms with Gasteiger partial charge in [-0.1, -0.05) is 0 Å². The third kappa shape index (κ3) is 4.39. The number of ether oxygens (including phenoxy) is 3. The quantitative estimate of drug-likeness (QED) is 0.508. The minimum Gasteiger partial charge on any atom is -0.466 e. The van der Waals surface area contributed by atoms with Crippen LogP contribution in [0.25, 0.3) is 0 Å². The highest BCUT2D eigenvalue weighted by atomic mass is 16.6. The zero-order valence-electron chi connectivity index (χ0n) is 17.3. The molecule has 4 unspecified atom stereocenters. The number of esters is 2. The lowest BCUT2D eigenvalue weighted by Crippen LogP contribution is -2.59. The van der Waals surface area contributed by atoms with Gasteiger partial charge in [-0.25, -0.2) is 9.59 Å².